The summed E-state index contributed by atoms with van der Waals surface area (Å²) in [4.78, 5) is 16.8. The van der Waals surface area contributed by atoms with E-state index in [1.165, 1.54) is 0 Å². The zero-order valence-corrected chi connectivity index (χ0v) is 19.5. The molecule has 1 unspecified atom stereocenters. The van der Waals surface area contributed by atoms with E-state index in [2.05, 4.69) is 31.1 Å². The third-order valence-electron chi connectivity index (χ3n) is 4.87. The fourth-order valence-electron chi connectivity index (χ4n) is 3.41. The molecule has 30 heavy (non-hydrogen) atoms. The highest BCUT2D eigenvalue weighted by Gasteiger charge is 2.26. The molecule has 0 saturated heterocycles. The van der Waals surface area contributed by atoms with Crippen LogP contribution in [0.3, 0.4) is 0 Å². The Kier molecular flexibility index (Phi) is 7.94. The Labute approximate surface area is 186 Å². The molecule has 0 saturated carbocycles. The molecule has 3 aromatic rings. The number of benzene rings is 2. The largest absolute Gasteiger partial charge is 0.497 e. The maximum atomic E-state index is 13.5. The Bertz CT molecular complexity index is 1020. The van der Waals surface area contributed by atoms with Crippen LogP contribution in [0.2, 0.25) is 0 Å². The molecule has 1 aromatic heterocycles. The third-order valence-corrected chi connectivity index (χ3v) is 7.12. The molecule has 158 valence electrons. The van der Waals surface area contributed by atoms with E-state index in [9.17, 15) is 4.79 Å². The Balaban J connectivity index is 2.07. The van der Waals surface area contributed by atoms with E-state index in [-0.39, 0.29) is 11.8 Å². The number of anilines is 1. The molecule has 4 nitrogen and oxygen atoms in total. The molecule has 1 heterocycles. The highest BCUT2D eigenvalue weighted by atomic mass is 32.2. The first-order valence-electron chi connectivity index (χ1n) is 10.1. The molecule has 1 atom stereocenters. The molecule has 1 amide bonds. The number of aromatic amines is 1. The highest BCUT2D eigenvalue weighted by Crippen LogP contribution is 2.40. The third kappa shape index (κ3) is 5.05. The molecule has 0 aliphatic heterocycles. The number of fused-ring (bicyclic) bond motifs is 1. The van der Waals surface area contributed by atoms with E-state index < -0.39 is 0 Å². The molecule has 0 fully saturated rings. The number of ether oxygens (including phenoxy) is 1. The summed E-state index contributed by atoms with van der Waals surface area (Å²) in [5.41, 5.74) is 3.73. The van der Waals surface area contributed by atoms with Crippen molar-refractivity contribution in [3.05, 3.63) is 70.1 Å². The summed E-state index contributed by atoms with van der Waals surface area (Å²) in [7, 11) is 1.67. The van der Waals surface area contributed by atoms with Gasteiger partial charge in [-0.15, -0.1) is 23.5 Å². The van der Waals surface area contributed by atoms with Gasteiger partial charge in [0.1, 0.15) is 5.75 Å². The van der Waals surface area contributed by atoms with Crippen molar-refractivity contribution in [3.63, 3.8) is 0 Å². The summed E-state index contributed by atoms with van der Waals surface area (Å²) < 4.78 is 6.51. The average molecular weight is 441 g/mol. The molecule has 6 heteroatoms. The number of amides is 1. The zero-order chi connectivity index (χ0) is 21.5. The maximum Gasteiger partial charge on any atom is 0.253 e. The van der Waals surface area contributed by atoms with Crippen LogP contribution < -0.4 is 10.1 Å². The highest BCUT2D eigenvalue weighted by molar-refractivity contribution is 8.22. The Morgan fingerprint density at radius 1 is 1.10 bits per heavy atom. The van der Waals surface area contributed by atoms with E-state index >= 15 is 0 Å². The summed E-state index contributed by atoms with van der Waals surface area (Å²) in [6, 6.07) is 15.6. The van der Waals surface area contributed by atoms with Gasteiger partial charge in [-0.25, -0.2) is 0 Å². The van der Waals surface area contributed by atoms with Crippen LogP contribution in [0.4, 0.5) is 5.69 Å². The number of H-pyrrole nitrogens is 1. The van der Waals surface area contributed by atoms with Crippen LogP contribution in [0, 0.1) is 0 Å². The van der Waals surface area contributed by atoms with Crippen LogP contribution in [0.1, 0.15) is 32.3 Å². The van der Waals surface area contributed by atoms with Gasteiger partial charge in [0.05, 0.1) is 7.11 Å². The minimum atomic E-state index is -0.0809. The molecule has 0 aliphatic rings. The van der Waals surface area contributed by atoms with Gasteiger partial charge in [0.2, 0.25) is 0 Å². The predicted molar refractivity (Wildman–Crippen MR) is 132 cm³/mol. The standard InChI is InChI=1S/C24H28N2O2S2/c1-5-29-24(30-6-2)22(23(27)26-17-10-8-7-9-11-17)16(3)20-15-25-21-13-12-18(28-4)14-19(20)21/h7-16,25H,5-6H2,1-4H3,(H,26,27). The zero-order valence-electron chi connectivity index (χ0n) is 17.8. The molecule has 3 rings (SSSR count). The van der Waals surface area contributed by atoms with E-state index in [0.717, 1.165) is 49.2 Å². The number of hydrogen-bond acceptors (Lipinski definition) is 4. The van der Waals surface area contributed by atoms with Crippen molar-refractivity contribution in [2.45, 2.75) is 26.7 Å². The van der Waals surface area contributed by atoms with Crippen molar-refractivity contribution < 1.29 is 9.53 Å². The number of thioether (sulfide) groups is 2. The summed E-state index contributed by atoms with van der Waals surface area (Å²) in [6.07, 6.45) is 2.01. The Morgan fingerprint density at radius 3 is 2.43 bits per heavy atom. The lowest BCUT2D eigenvalue weighted by molar-refractivity contribution is -0.113. The van der Waals surface area contributed by atoms with Gasteiger partial charge in [-0.05, 0) is 47.4 Å². The molecular weight excluding hydrogens is 412 g/mol. The Hall–Kier alpha value is -2.31. The number of rotatable bonds is 9. The van der Waals surface area contributed by atoms with Crippen molar-refractivity contribution >= 4 is 46.0 Å². The fraction of sp³-hybridized carbons (Fsp3) is 0.292. The minimum absolute atomic E-state index is 0.0529. The second kappa shape index (κ2) is 10.6. The molecule has 2 N–H and O–H groups in total. The lowest BCUT2D eigenvalue weighted by atomic mass is 9.92. The van der Waals surface area contributed by atoms with E-state index in [0.29, 0.717) is 0 Å². The van der Waals surface area contributed by atoms with Crippen molar-refractivity contribution in [2.75, 3.05) is 23.9 Å². The number of hydrogen-bond donors (Lipinski definition) is 2. The summed E-state index contributed by atoms with van der Waals surface area (Å²) in [5, 5.41) is 4.17. The van der Waals surface area contributed by atoms with Gasteiger partial charge in [0, 0.05) is 38.5 Å². The van der Waals surface area contributed by atoms with Crippen LogP contribution in [0.5, 0.6) is 5.75 Å². The second-order valence-electron chi connectivity index (χ2n) is 6.76. The normalized spacial score (nSPS) is 11.9. The monoisotopic (exact) mass is 440 g/mol. The molecular formula is C24H28N2O2S2. The molecule has 0 radical (unpaired) electrons. The average Bonchev–Trinajstić information content (AvgIpc) is 3.18. The summed E-state index contributed by atoms with van der Waals surface area (Å²) >= 11 is 3.47. The van der Waals surface area contributed by atoms with Gasteiger partial charge < -0.3 is 15.0 Å². The van der Waals surface area contributed by atoms with E-state index in [1.807, 2.05) is 54.7 Å². The molecule has 2 aromatic carbocycles. The van der Waals surface area contributed by atoms with Crippen LogP contribution in [-0.4, -0.2) is 29.5 Å². The number of carbonyl (C=O) groups excluding carboxylic acids is 1. The van der Waals surface area contributed by atoms with Gasteiger partial charge >= 0.3 is 0 Å². The van der Waals surface area contributed by atoms with Crippen LogP contribution in [0.15, 0.2) is 64.5 Å². The van der Waals surface area contributed by atoms with Gasteiger partial charge in [0.25, 0.3) is 5.91 Å². The smallest absolute Gasteiger partial charge is 0.253 e. The minimum Gasteiger partial charge on any atom is -0.497 e. The molecule has 0 spiro atoms. The number of para-hydroxylation sites is 1. The first-order valence-corrected chi connectivity index (χ1v) is 12.1. The SMILES string of the molecule is CCSC(SCC)=C(C(=O)Nc1ccccc1)C(C)c1c[nH]c2ccc(OC)cc12. The van der Waals surface area contributed by atoms with Gasteiger partial charge in [0.15, 0.2) is 0 Å². The van der Waals surface area contributed by atoms with Crippen molar-refractivity contribution in [3.8, 4) is 5.75 Å². The topological polar surface area (TPSA) is 54.1 Å². The van der Waals surface area contributed by atoms with Gasteiger partial charge in [-0.3, -0.25) is 4.79 Å². The molecule has 0 bridgehead atoms. The van der Waals surface area contributed by atoms with Gasteiger partial charge in [-0.1, -0.05) is 39.0 Å². The number of aromatic nitrogens is 1. The lowest BCUT2D eigenvalue weighted by Gasteiger charge is -2.20. The summed E-state index contributed by atoms with van der Waals surface area (Å²) in [5.74, 6) is 2.50. The first-order chi connectivity index (χ1) is 14.6. The van der Waals surface area contributed by atoms with E-state index in [4.69, 9.17) is 4.74 Å². The molecule has 0 aliphatic carbocycles. The van der Waals surface area contributed by atoms with Crippen LogP contribution in [-0.2, 0) is 4.79 Å². The number of nitrogens with one attached hydrogen (secondary N) is 2. The number of methoxy groups -OCH3 is 1. The Morgan fingerprint density at radius 2 is 1.80 bits per heavy atom. The lowest BCUT2D eigenvalue weighted by Crippen LogP contribution is -2.19. The van der Waals surface area contributed by atoms with Crippen LogP contribution in [0.25, 0.3) is 10.9 Å². The van der Waals surface area contributed by atoms with Crippen LogP contribution >= 0.6 is 23.5 Å². The van der Waals surface area contributed by atoms with Gasteiger partial charge in [-0.2, -0.15) is 0 Å². The fourth-order valence-corrected chi connectivity index (χ4v) is 5.82. The van der Waals surface area contributed by atoms with E-state index in [1.54, 1.807) is 30.6 Å². The first kappa shape index (κ1) is 22.4. The maximum absolute atomic E-state index is 13.5. The van der Waals surface area contributed by atoms with Crippen molar-refractivity contribution in [1.29, 1.82) is 0 Å². The van der Waals surface area contributed by atoms with Crippen molar-refractivity contribution in [1.82, 2.24) is 4.98 Å². The number of carbonyl (C=O) groups is 1. The quantitative estimate of drug-likeness (QED) is 0.366. The van der Waals surface area contributed by atoms with Crippen molar-refractivity contribution in [2.24, 2.45) is 0 Å². The summed E-state index contributed by atoms with van der Waals surface area (Å²) in [6.45, 7) is 6.35. The second-order valence-corrected chi connectivity index (χ2v) is 9.57. The predicted octanol–water partition coefficient (Wildman–Crippen LogP) is 6.64.